The molecule has 1 saturated carbocycles. The molecule has 15 heavy (non-hydrogen) atoms. The van der Waals surface area contributed by atoms with E-state index in [2.05, 4.69) is 28.1 Å². The quantitative estimate of drug-likeness (QED) is 0.493. The van der Waals surface area contributed by atoms with Gasteiger partial charge in [0.1, 0.15) is 0 Å². The maximum absolute atomic E-state index is 6.08. The van der Waals surface area contributed by atoms with Gasteiger partial charge < -0.3 is 4.74 Å². The number of alkyl halides is 1. The highest BCUT2D eigenvalue weighted by atomic mass is 79.9. The Morgan fingerprint density at radius 2 is 2.20 bits per heavy atom. The lowest BCUT2D eigenvalue weighted by Crippen LogP contribution is -2.49. The minimum atomic E-state index is -0.199. The fraction of sp³-hybridized carbons (Fsp3) is 0.818. The summed E-state index contributed by atoms with van der Waals surface area (Å²) in [5.74, 6) is 1.14. The number of rotatable bonds is 0. The van der Waals surface area contributed by atoms with Crippen LogP contribution >= 0.6 is 15.9 Å². The maximum Gasteiger partial charge on any atom is 0.160 e. The topological polar surface area (TPSA) is 21.7 Å². The molecule has 4 rings (SSSR count). The van der Waals surface area contributed by atoms with Crippen LogP contribution in [0, 0.1) is 17.3 Å². The maximum atomic E-state index is 6.08. The number of ether oxygens (including phenoxy) is 1. The van der Waals surface area contributed by atoms with Crippen molar-refractivity contribution in [2.75, 3.05) is 20.3 Å². The van der Waals surface area contributed by atoms with Crippen LogP contribution in [0.4, 0.5) is 0 Å². The highest BCUT2D eigenvalue weighted by Gasteiger charge is 2.76. The Hall–Kier alpha value is 0.1000. The van der Waals surface area contributed by atoms with Gasteiger partial charge in [0.2, 0.25) is 0 Å². The Morgan fingerprint density at radius 1 is 1.40 bits per heavy atom. The van der Waals surface area contributed by atoms with Crippen molar-refractivity contribution < 1.29 is 9.57 Å². The van der Waals surface area contributed by atoms with Gasteiger partial charge in [0, 0.05) is 13.0 Å². The van der Waals surface area contributed by atoms with E-state index >= 15 is 0 Å². The van der Waals surface area contributed by atoms with E-state index in [0.717, 1.165) is 13.2 Å². The normalized spacial score (nSPS) is 61.3. The summed E-state index contributed by atoms with van der Waals surface area (Å²) < 4.78 is 5.52. The smallest absolute Gasteiger partial charge is 0.160 e. The summed E-state index contributed by atoms with van der Waals surface area (Å²) in [6.07, 6.45) is 5.90. The van der Waals surface area contributed by atoms with Gasteiger partial charge in [-0.1, -0.05) is 28.1 Å². The lowest BCUT2D eigenvalue weighted by molar-refractivity contribution is -0.175. The predicted octanol–water partition coefficient (Wildman–Crippen LogP) is 1.55. The van der Waals surface area contributed by atoms with E-state index in [9.17, 15) is 0 Å². The Bertz CT molecular complexity index is 360. The van der Waals surface area contributed by atoms with Crippen molar-refractivity contribution in [3.63, 3.8) is 0 Å². The van der Waals surface area contributed by atoms with E-state index in [1.165, 1.54) is 6.42 Å². The van der Waals surface area contributed by atoms with Gasteiger partial charge in [-0.25, -0.2) is 0 Å². The van der Waals surface area contributed by atoms with E-state index in [4.69, 9.17) is 9.57 Å². The minimum Gasteiger partial charge on any atom is -0.379 e. The Kier molecular flexibility index (Phi) is 1.53. The number of likely N-dealkylation sites (N-methyl/N-ethyl adjacent to an activating group) is 1. The largest absolute Gasteiger partial charge is 0.379 e. The van der Waals surface area contributed by atoms with Crippen LogP contribution < -0.4 is 0 Å². The van der Waals surface area contributed by atoms with Gasteiger partial charge in [-0.3, -0.25) is 4.84 Å². The summed E-state index contributed by atoms with van der Waals surface area (Å²) in [5.41, 5.74) is 0.154. The second kappa shape index (κ2) is 2.50. The van der Waals surface area contributed by atoms with Crippen molar-refractivity contribution in [1.82, 2.24) is 5.06 Å². The lowest BCUT2D eigenvalue weighted by atomic mass is 9.71. The summed E-state index contributed by atoms with van der Waals surface area (Å²) >= 11 is 3.87. The molecule has 3 nitrogen and oxygen atoms in total. The fourth-order valence-corrected chi connectivity index (χ4v) is 5.31. The number of fused-ring (bicyclic) bond motifs is 3. The molecular formula is C11H14BrNO2. The molecule has 2 bridgehead atoms. The van der Waals surface area contributed by atoms with Crippen molar-refractivity contribution in [2.24, 2.45) is 17.3 Å². The Balaban J connectivity index is 1.92. The molecule has 4 heteroatoms. The van der Waals surface area contributed by atoms with Crippen LogP contribution in [0.5, 0.6) is 0 Å². The third-order valence-corrected chi connectivity index (χ3v) is 6.25. The first kappa shape index (κ1) is 9.16. The summed E-state index contributed by atoms with van der Waals surface area (Å²) in [7, 11) is 2.03. The molecule has 4 aliphatic rings. The second-order valence-corrected chi connectivity index (χ2v) is 6.37. The number of halogens is 1. The number of allylic oxidation sites excluding steroid dienone is 1. The monoisotopic (exact) mass is 271 g/mol. The van der Waals surface area contributed by atoms with Gasteiger partial charge in [-0.15, -0.1) is 0 Å². The number of hydrogen-bond donors (Lipinski definition) is 0. The molecule has 82 valence electrons. The zero-order valence-electron chi connectivity index (χ0n) is 8.65. The fourth-order valence-electron chi connectivity index (χ4n) is 4.07. The molecule has 0 aromatic heterocycles. The van der Waals surface area contributed by atoms with E-state index in [-0.39, 0.29) is 9.93 Å². The van der Waals surface area contributed by atoms with Gasteiger partial charge >= 0.3 is 0 Å². The van der Waals surface area contributed by atoms with Crippen LogP contribution in [0.3, 0.4) is 0 Å². The van der Waals surface area contributed by atoms with Crippen LogP contribution in [-0.2, 0) is 9.57 Å². The zero-order chi connectivity index (χ0) is 10.3. The summed E-state index contributed by atoms with van der Waals surface area (Å²) in [6, 6.07) is 0.414. The van der Waals surface area contributed by atoms with Crippen molar-refractivity contribution in [2.45, 2.75) is 17.0 Å². The molecule has 2 heterocycles. The van der Waals surface area contributed by atoms with Crippen LogP contribution in [0.1, 0.15) is 6.42 Å². The average Bonchev–Trinajstić information content (AvgIpc) is 2.88. The third kappa shape index (κ3) is 0.761. The first-order valence-electron chi connectivity index (χ1n) is 5.55. The van der Waals surface area contributed by atoms with Crippen LogP contribution in [0.2, 0.25) is 0 Å². The molecule has 1 spiro atoms. The minimum absolute atomic E-state index is 0.154. The lowest BCUT2D eigenvalue weighted by Gasteiger charge is -2.38. The average molecular weight is 272 g/mol. The number of hydrogen-bond acceptors (Lipinski definition) is 3. The molecule has 3 fully saturated rings. The van der Waals surface area contributed by atoms with E-state index in [1.807, 2.05) is 12.1 Å². The van der Waals surface area contributed by atoms with Crippen LogP contribution in [-0.4, -0.2) is 35.9 Å². The first-order valence-corrected chi connectivity index (χ1v) is 6.35. The zero-order valence-corrected chi connectivity index (χ0v) is 10.2. The molecule has 2 saturated heterocycles. The summed E-state index contributed by atoms with van der Waals surface area (Å²) in [5, 5.41) is 2.01. The molecule has 0 unspecified atom stereocenters. The molecule has 0 aromatic rings. The second-order valence-electron chi connectivity index (χ2n) is 5.19. The number of nitrogens with zero attached hydrogens (tertiary/aromatic N) is 1. The van der Waals surface area contributed by atoms with Crippen molar-refractivity contribution in [3.8, 4) is 0 Å². The van der Waals surface area contributed by atoms with Crippen molar-refractivity contribution in [3.05, 3.63) is 12.2 Å². The van der Waals surface area contributed by atoms with Crippen molar-refractivity contribution >= 4 is 15.9 Å². The molecular weight excluding hydrogens is 258 g/mol. The molecule has 5 atom stereocenters. The number of hydroxylamine groups is 2. The van der Waals surface area contributed by atoms with Gasteiger partial charge in [0.05, 0.1) is 24.7 Å². The van der Waals surface area contributed by atoms with Gasteiger partial charge in [-0.05, 0) is 12.3 Å². The highest BCUT2D eigenvalue weighted by molar-refractivity contribution is 9.10. The Labute approximate surface area is 97.5 Å². The van der Waals surface area contributed by atoms with E-state index in [0.29, 0.717) is 17.9 Å². The molecule has 0 aromatic carbocycles. The highest BCUT2D eigenvalue weighted by Crippen LogP contribution is 2.69. The van der Waals surface area contributed by atoms with E-state index in [1.54, 1.807) is 0 Å². The van der Waals surface area contributed by atoms with Gasteiger partial charge in [0.15, 0.2) is 4.51 Å². The van der Waals surface area contributed by atoms with Crippen LogP contribution in [0.15, 0.2) is 12.2 Å². The van der Waals surface area contributed by atoms with Crippen LogP contribution in [0.25, 0.3) is 0 Å². The summed E-state index contributed by atoms with van der Waals surface area (Å²) in [6.45, 7) is 1.64. The molecule has 0 amide bonds. The summed E-state index contributed by atoms with van der Waals surface area (Å²) in [4.78, 5) is 6.08. The van der Waals surface area contributed by atoms with Gasteiger partial charge in [-0.2, -0.15) is 5.06 Å². The van der Waals surface area contributed by atoms with E-state index < -0.39 is 0 Å². The first-order chi connectivity index (χ1) is 7.18. The molecule has 2 aliphatic heterocycles. The molecule has 0 radical (unpaired) electrons. The molecule has 2 aliphatic carbocycles. The standard InChI is InChI=1S/C11H14BrNO2/c1-13-9-5-14-6-10(9)7-2-3-8(4-7)11(10,12)15-13/h2-3,7-9H,4-6H2,1H3/t7-,8+,9-,10-,11-/m0/s1. The molecule has 0 N–H and O–H groups in total. The van der Waals surface area contributed by atoms with Crippen molar-refractivity contribution in [1.29, 1.82) is 0 Å². The third-order valence-electron chi connectivity index (χ3n) is 4.78. The van der Waals surface area contributed by atoms with Gasteiger partial charge in [0.25, 0.3) is 0 Å². The SMILES string of the molecule is CN1O[C@@]2(Br)[C@@H]3C=C[C@@H](C3)[C@]23COC[C@H]13. The predicted molar refractivity (Wildman–Crippen MR) is 58.3 cm³/mol. The Morgan fingerprint density at radius 3 is 3.07 bits per heavy atom.